The highest BCUT2D eigenvalue weighted by Gasteiger charge is 2.09. The van der Waals surface area contributed by atoms with Crippen molar-refractivity contribution in [1.29, 1.82) is 0 Å². The zero-order valence-corrected chi connectivity index (χ0v) is 9.78. The van der Waals surface area contributed by atoms with E-state index in [1.807, 2.05) is 11.5 Å². The maximum absolute atomic E-state index is 11.6. The van der Waals surface area contributed by atoms with Crippen molar-refractivity contribution in [1.82, 2.24) is 19.3 Å². The predicted octanol–water partition coefficient (Wildman–Crippen LogP) is 0.206. The second kappa shape index (κ2) is 4.82. The maximum Gasteiger partial charge on any atom is 0.356 e. The standard InChI is InChI=1S/C11H12N4O3/c1-2-14-7-12-5-8(14)6-15-10(16)4-3-9(13-15)11(17)18/h3-5,7H,2,6H2,1H3,(H,17,18). The Balaban J connectivity index is 2.37. The van der Waals surface area contributed by atoms with Crippen LogP contribution in [0.5, 0.6) is 0 Å². The molecule has 7 heteroatoms. The van der Waals surface area contributed by atoms with Gasteiger partial charge in [0.25, 0.3) is 5.56 Å². The molecule has 0 bridgehead atoms. The summed E-state index contributed by atoms with van der Waals surface area (Å²) in [7, 11) is 0. The van der Waals surface area contributed by atoms with Crippen LogP contribution in [-0.2, 0) is 13.1 Å². The number of carboxylic acid groups (broad SMARTS) is 1. The van der Waals surface area contributed by atoms with Crippen molar-refractivity contribution in [2.75, 3.05) is 0 Å². The number of hydrogen-bond acceptors (Lipinski definition) is 4. The molecule has 1 N–H and O–H groups in total. The van der Waals surface area contributed by atoms with E-state index >= 15 is 0 Å². The van der Waals surface area contributed by atoms with Crippen LogP contribution in [-0.4, -0.2) is 30.4 Å². The van der Waals surface area contributed by atoms with Gasteiger partial charge in [-0.1, -0.05) is 0 Å². The number of aromatic nitrogens is 4. The smallest absolute Gasteiger partial charge is 0.356 e. The van der Waals surface area contributed by atoms with Gasteiger partial charge in [0, 0.05) is 12.6 Å². The van der Waals surface area contributed by atoms with E-state index in [1.54, 1.807) is 12.5 Å². The molecule has 0 aliphatic carbocycles. The maximum atomic E-state index is 11.6. The second-order valence-corrected chi connectivity index (χ2v) is 3.69. The molecule has 7 nitrogen and oxygen atoms in total. The van der Waals surface area contributed by atoms with E-state index in [9.17, 15) is 9.59 Å². The molecular formula is C11H12N4O3. The summed E-state index contributed by atoms with van der Waals surface area (Å²) in [4.78, 5) is 26.4. The van der Waals surface area contributed by atoms with Gasteiger partial charge in [-0.25, -0.2) is 14.5 Å². The molecule has 0 aromatic carbocycles. The fourth-order valence-corrected chi connectivity index (χ4v) is 1.59. The number of rotatable bonds is 4. The molecule has 0 atom stereocenters. The van der Waals surface area contributed by atoms with Crippen LogP contribution in [0.2, 0.25) is 0 Å². The van der Waals surface area contributed by atoms with Crippen molar-refractivity contribution >= 4 is 5.97 Å². The molecule has 2 aromatic rings. The Hall–Kier alpha value is -2.44. The average Bonchev–Trinajstić information content (AvgIpc) is 2.79. The number of carboxylic acids is 1. The molecule has 0 aliphatic heterocycles. The number of aryl methyl sites for hydroxylation is 1. The predicted molar refractivity (Wildman–Crippen MR) is 62.5 cm³/mol. The van der Waals surface area contributed by atoms with Crippen LogP contribution >= 0.6 is 0 Å². The highest BCUT2D eigenvalue weighted by atomic mass is 16.4. The zero-order valence-electron chi connectivity index (χ0n) is 9.78. The Morgan fingerprint density at radius 3 is 2.89 bits per heavy atom. The summed E-state index contributed by atoms with van der Waals surface area (Å²) >= 11 is 0. The fourth-order valence-electron chi connectivity index (χ4n) is 1.59. The second-order valence-electron chi connectivity index (χ2n) is 3.69. The van der Waals surface area contributed by atoms with Crippen molar-refractivity contribution in [3.05, 3.63) is 46.4 Å². The summed E-state index contributed by atoms with van der Waals surface area (Å²) in [5, 5.41) is 12.6. The molecule has 2 aromatic heterocycles. The van der Waals surface area contributed by atoms with Gasteiger partial charge >= 0.3 is 5.97 Å². The lowest BCUT2D eigenvalue weighted by Crippen LogP contribution is -2.25. The van der Waals surface area contributed by atoms with Gasteiger partial charge in [0.1, 0.15) is 0 Å². The van der Waals surface area contributed by atoms with Gasteiger partial charge in [-0.15, -0.1) is 0 Å². The van der Waals surface area contributed by atoms with E-state index in [-0.39, 0.29) is 17.8 Å². The zero-order chi connectivity index (χ0) is 13.1. The molecule has 0 saturated heterocycles. The first-order valence-electron chi connectivity index (χ1n) is 5.42. The van der Waals surface area contributed by atoms with E-state index in [1.165, 1.54) is 12.1 Å². The van der Waals surface area contributed by atoms with Crippen LogP contribution in [0.25, 0.3) is 0 Å². The van der Waals surface area contributed by atoms with Gasteiger partial charge < -0.3 is 9.67 Å². The molecule has 0 saturated carbocycles. The van der Waals surface area contributed by atoms with E-state index in [2.05, 4.69) is 10.1 Å². The van der Waals surface area contributed by atoms with Gasteiger partial charge in [-0.05, 0) is 13.0 Å². The molecular weight excluding hydrogens is 236 g/mol. The minimum atomic E-state index is -1.16. The van der Waals surface area contributed by atoms with Crippen LogP contribution in [0.3, 0.4) is 0 Å². The first-order valence-corrected chi connectivity index (χ1v) is 5.42. The lowest BCUT2D eigenvalue weighted by Gasteiger charge is -2.07. The summed E-state index contributed by atoms with van der Waals surface area (Å²) in [6.07, 6.45) is 3.28. The summed E-state index contributed by atoms with van der Waals surface area (Å²) < 4.78 is 2.98. The molecule has 0 amide bonds. The quantitative estimate of drug-likeness (QED) is 0.835. The molecule has 0 unspecified atom stereocenters. The summed E-state index contributed by atoms with van der Waals surface area (Å²) in [6, 6.07) is 2.39. The van der Waals surface area contributed by atoms with Gasteiger partial charge in [0.2, 0.25) is 0 Å². The lowest BCUT2D eigenvalue weighted by molar-refractivity contribution is 0.0687. The van der Waals surface area contributed by atoms with E-state index in [0.717, 1.165) is 16.9 Å². The van der Waals surface area contributed by atoms with Crippen LogP contribution in [0.4, 0.5) is 0 Å². The highest BCUT2D eigenvalue weighted by molar-refractivity contribution is 5.84. The molecule has 2 heterocycles. The van der Waals surface area contributed by atoms with Gasteiger partial charge in [0.15, 0.2) is 5.69 Å². The Kier molecular flexibility index (Phi) is 3.22. The highest BCUT2D eigenvalue weighted by Crippen LogP contribution is 2.01. The summed E-state index contributed by atoms with van der Waals surface area (Å²) in [5.74, 6) is -1.16. The van der Waals surface area contributed by atoms with Crippen molar-refractivity contribution < 1.29 is 9.90 Å². The lowest BCUT2D eigenvalue weighted by atomic mass is 10.4. The largest absolute Gasteiger partial charge is 0.476 e. The number of hydrogen-bond donors (Lipinski definition) is 1. The normalized spacial score (nSPS) is 10.5. The Morgan fingerprint density at radius 1 is 1.44 bits per heavy atom. The first kappa shape index (κ1) is 12.0. The van der Waals surface area contributed by atoms with Crippen molar-refractivity contribution in [3.63, 3.8) is 0 Å². The fraction of sp³-hybridized carbons (Fsp3) is 0.273. The number of carbonyl (C=O) groups is 1. The third kappa shape index (κ3) is 2.29. The van der Waals surface area contributed by atoms with Crippen molar-refractivity contribution in [3.8, 4) is 0 Å². The molecule has 18 heavy (non-hydrogen) atoms. The Morgan fingerprint density at radius 2 is 2.22 bits per heavy atom. The van der Waals surface area contributed by atoms with Crippen molar-refractivity contribution in [2.24, 2.45) is 0 Å². The van der Waals surface area contributed by atoms with E-state index in [4.69, 9.17) is 5.11 Å². The van der Waals surface area contributed by atoms with Gasteiger partial charge in [-0.2, -0.15) is 5.10 Å². The summed E-state index contributed by atoms with van der Waals surface area (Å²) in [5.41, 5.74) is 0.302. The molecule has 94 valence electrons. The minimum Gasteiger partial charge on any atom is -0.476 e. The van der Waals surface area contributed by atoms with Crippen LogP contribution < -0.4 is 5.56 Å². The van der Waals surface area contributed by atoms with Crippen LogP contribution in [0.1, 0.15) is 23.1 Å². The minimum absolute atomic E-state index is 0.155. The van der Waals surface area contributed by atoms with Gasteiger partial charge in [-0.3, -0.25) is 4.79 Å². The number of aromatic carboxylic acids is 1. The van der Waals surface area contributed by atoms with Crippen molar-refractivity contribution in [2.45, 2.75) is 20.0 Å². The molecule has 0 aliphatic rings. The van der Waals surface area contributed by atoms with E-state index < -0.39 is 5.97 Å². The Labute approximate surface area is 102 Å². The summed E-state index contributed by atoms with van der Waals surface area (Å²) in [6.45, 7) is 2.88. The van der Waals surface area contributed by atoms with Gasteiger partial charge in [0.05, 0.1) is 24.8 Å². The topological polar surface area (TPSA) is 90.0 Å². The molecule has 0 fully saturated rings. The average molecular weight is 248 g/mol. The number of nitrogens with zero attached hydrogens (tertiary/aromatic N) is 4. The molecule has 0 radical (unpaired) electrons. The monoisotopic (exact) mass is 248 g/mol. The van der Waals surface area contributed by atoms with E-state index in [0.29, 0.717) is 0 Å². The Bertz CT molecular complexity index is 629. The van der Waals surface area contributed by atoms with Crippen LogP contribution in [0, 0.1) is 0 Å². The number of imidazole rings is 1. The third-order valence-electron chi connectivity index (χ3n) is 2.54. The molecule has 0 spiro atoms. The molecule has 2 rings (SSSR count). The first-order chi connectivity index (χ1) is 8.61. The third-order valence-corrected chi connectivity index (χ3v) is 2.54. The van der Waals surface area contributed by atoms with Crippen LogP contribution in [0.15, 0.2) is 29.5 Å². The SMILES string of the molecule is CCn1cncc1Cn1nc(C(=O)O)ccc1=O.